The van der Waals surface area contributed by atoms with Crippen LogP contribution in [0.2, 0.25) is 0 Å². The first-order valence-electron chi connectivity index (χ1n) is 5.17. The van der Waals surface area contributed by atoms with Crippen LogP contribution in [0, 0.1) is 6.92 Å². The van der Waals surface area contributed by atoms with Crippen LogP contribution < -0.4 is 5.73 Å². The van der Waals surface area contributed by atoms with Crippen LogP contribution in [0.25, 0.3) is 0 Å². The number of nitrogens with zero attached hydrogens (tertiary/aromatic N) is 3. The first kappa shape index (κ1) is 11.2. The average molecular weight is 228 g/mol. The number of aryl methyl sites for hydroxylation is 1. The molecule has 0 fully saturated rings. The van der Waals surface area contributed by atoms with Gasteiger partial charge in [0.15, 0.2) is 0 Å². The Kier molecular flexibility index (Phi) is 3.09. The largest absolute Gasteiger partial charge is 0.366 e. The molecular formula is C12H12N4O. The summed E-state index contributed by atoms with van der Waals surface area (Å²) in [7, 11) is 0. The normalized spacial score (nSPS) is 10.2. The van der Waals surface area contributed by atoms with Crippen molar-refractivity contribution in [3.8, 4) is 0 Å². The van der Waals surface area contributed by atoms with E-state index < -0.39 is 5.91 Å². The van der Waals surface area contributed by atoms with Gasteiger partial charge >= 0.3 is 0 Å². The van der Waals surface area contributed by atoms with E-state index in [-0.39, 0.29) is 0 Å². The fourth-order valence-corrected chi connectivity index (χ4v) is 1.51. The molecule has 2 aromatic rings. The average Bonchev–Trinajstić information content (AvgIpc) is 2.32. The molecule has 86 valence electrons. The molecule has 2 rings (SSSR count). The lowest BCUT2D eigenvalue weighted by molar-refractivity contribution is 0.0999. The number of primary amides is 1. The second kappa shape index (κ2) is 4.69. The predicted octanol–water partition coefficient (Wildman–Crippen LogP) is 0.870. The molecule has 0 aliphatic carbocycles. The van der Waals surface area contributed by atoms with Gasteiger partial charge in [-0.05, 0) is 18.6 Å². The number of hydrogen-bond acceptors (Lipinski definition) is 4. The Morgan fingerprint density at radius 1 is 1.29 bits per heavy atom. The Hall–Kier alpha value is -2.30. The highest BCUT2D eigenvalue weighted by Gasteiger charge is 2.08. The molecule has 0 atom stereocenters. The van der Waals surface area contributed by atoms with Crippen molar-refractivity contribution in [2.45, 2.75) is 13.3 Å². The standard InChI is InChI=1S/C12H12N4O/c1-8-5-16-10(7-15-8)4-9-6-14-3-2-11(9)12(13)17/h2-3,5-7H,4H2,1H3,(H2,13,17). The number of carbonyl (C=O) groups excluding carboxylic acids is 1. The monoisotopic (exact) mass is 228 g/mol. The van der Waals surface area contributed by atoms with Gasteiger partial charge in [0.25, 0.3) is 0 Å². The zero-order valence-corrected chi connectivity index (χ0v) is 9.42. The van der Waals surface area contributed by atoms with Crippen molar-refractivity contribution in [3.05, 3.63) is 53.4 Å². The van der Waals surface area contributed by atoms with Gasteiger partial charge in [-0.2, -0.15) is 0 Å². The smallest absolute Gasteiger partial charge is 0.249 e. The molecule has 0 bridgehead atoms. The predicted molar refractivity (Wildman–Crippen MR) is 62.3 cm³/mol. The Balaban J connectivity index is 2.30. The van der Waals surface area contributed by atoms with Crippen LogP contribution in [0.3, 0.4) is 0 Å². The fourth-order valence-electron chi connectivity index (χ4n) is 1.51. The second-order valence-corrected chi connectivity index (χ2v) is 3.72. The molecule has 5 nitrogen and oxygen atoms in total. The summed E-state index contributed by atoms with van der Waals surface area (Å²) in [4.78, 5) is 23.6. The molecule has 2 aromatic heterocycles. The molecule has 5 heteroatoms. The molecule has 17 heavy (non-hydrogen) atoms. The highest BCUT2D eigenvalue weighted by atomic mass is 16.1. The maximum absolute atomic E-state index is 11.2. The number of amides is 1. The molecular weight excluding hydrogens is 216 g/mol. The van der Waals surface area contributed by atoms with Crippen LogP contribution in [-0.4, -0.2) is 20.9 Å². The van der Waals surface area contributed by atoms with Gasteiger partial charge in [0, 0.05) is 36.8 Å². The van der Waals surface area contributed by atoms with Gasteiger partial charge < -0.3 is 5.73 Å². The lowest BCUT2D eigenvalue weighted by Gasteiger charge is -2.05. The summed E-state index contributed by atoms with van der Waals surface area (Å²) in [6.07, 6.45) is 7.05. The first-order valence-corrected chi connectivity index (χ1v) is 5.17. The zero-order valence-electron chi connectivity index (χ0n) is 9.42. The van der Waals surface area contributed by atoms with Crippen LogP contribution in [0.4, 0.5) is 0 Å². The third kappa shape index (κ3) is 2.63. The van der Waals surface area contributed by atoms with Crippen molar-refractivity contribution in [2.75, 3.05) is 0 Å². The molecule has 0 unspecified atom stereocenters. The van der Waals surface area contributed by atoms with Crippen molar-refractivity contribution in [1.29, 1.82) is 0 Å². The van der Waals surface area contributed by atoms with Crippen LogP contribution >= 0.6 is 0 Å². The van der Waals surface area contributed by atoms with E-state index in [9.17, 15) is 4.79 Å². The van der Waals surface area contributed by atoms with Gasteiger partial charge in [0.1, 0.15) is 0 Å². The lowest BCUT2D eigenvalue weighted by atomic mass is 10.1. The number of carbonyl (C=O) groups is 1. The number of pyridine rings is 1. The summed E-state index contributed by atoms with van der Waals surface area (Å²) in [5.41, 5.74) is 8.17. The number of hydrogen-bond donors (Lipinski definition) is 1. The second-order valence-electron chi connectivity index (χ2n) is 3.72. The molecule has 0 aliphatic heterocycles. The van der Waals surface area contributed by atoms with Crippen LogP contribution in [-0.2, 0) is 6.42 Å². The minimum absolute atomic E-state index is 0.456. The summed E-state index contributed by atoms with van der Waals surface area (Å²) in [5, 5.41) is 0. The number of rotatable bonds is 3. The summed E-state index contributed by atoms with van der Waals surface area (Å²) in [6.45, 7) is 1.87. The van der Waals surface area contributed by atoms with E-state index in [2.05, 4.69) is 15.0 Å². The molecule has 0 spiro atoms. The summed E-state index contributed by atoms with van der Waals surface area (Å²) in [6, 6.07) is 1.61. The number of nitrogens with two attached hydrogens (primary N) is 1. The van der Waals surface area contributed by atoms with Gasteiger partial charge in [0.2, 0.25) is 5.91 Å². The van der Waals surface area contributed by atoms with Crippen molar-refractivity contribution in [3.63, 3.8) is 0 Å². The van der Waals surface area contributed by atoms with Gasteiger partial charge in [-0.3, -0.25) is 19.7 Å². The van der Waals surface area contributed by atoms with Crippen LogP contribution in [0.5, 0.6) is 0 Å². The lowest BCUT2D eigenvalue weighted by Crippen LogP contribution is -2.14. The molecule has 0 saturated carbocycles. The van der Waals surface area contributed by atoms with E-state index in [4.69, 9.17) is 5.73 Å². The third-order valence-corrected chi connectivity index (χ3v) is 2.38. The topological polar surface area (TPSA) is 81.8 Å². The van der Waals surface area contributed by atoms with Crippen molar-refractivity contribution >= 4 is 5.91 Å². The van der Waals surface area contributed by atoms with E-state index in [1.165, 1.54) is 0 Å². The van der Waals surface area contributed by atoms with Crippen molar-refractivity contribution in [2.24, 2.45) is 5.73 Å². The maximum atomic E-state index is 11.2. The third-order valence-electron chi connectivity index (χ3n) is 2.38. The Morgan fingerprint density at radius 3 is 2.76 bits per heavy atom. The molecule has 2 heterocycles. The molecule has 0 aliphatic rings. The van der Waals surface area contributed by atoms with Gasteiger partial charge in [-0.25, -0.2) is 0 Å². The fraction of sp³-hybridized carbons (Fsp3) is 0.167. The Labute approximate surface area is 98.7 Å². The van der Waals surface area contributed by atoms with E-state index in [0.717, 1.165) is 17.0 Å². The molecule has 0 saturated heterocycles. The van der Waals surface area contributed by atoms with Crippen molar-refractivity contribution in [1.82, 2.24) is 15.0 Å². The SMILES string of the molecule is Cc1cnc(Cc2cnccc2C(N)=O)cn1. The highest BCUT2D eigenvalue weighted by molar-refractivity contribution is 5.94. The summed E-state index contributed by atoms with van der Waals surface area (Å²) >= 11 is 0. The minimum atomic E-state index is -0.456. The molecule has 0 aromatic carbocycles. The maximum Gasteiger partial charge on any atom is 0.249 e. The Bertz CT molecular complexity index is 536. The van der Waals surface area contributed by atoms with Crippen LogP contribution in [0.15, 0.2) is 30.9 Å². The van der Waals surface area contributed by atoms with Crippen molar-refractivity contribution < 1.29 is 4.79 Å². The first-order chi connectivity index (χ1) is 8.16. The quantitative estimate of drug-likeness (QED) is 0.845. The van der Waals surface area contributed by atoms with Gasteiger partial charge in [-0.15, -0.1) is 0 Å². The van der Waals surface area contributed by atoms with Gasteiger partial charge in [-0.1, -0.05) is 0 Å². The zero-order chi connectivity index (χ0) is 12.3. The minimum Gasteiger partial charge on any atom is -0.366 e. The highest BCUT2D eigenvalue weighted by Crippen LogP contribution is 2.10. The van der Waals surface area contributed by atoms with E-state index in [1.807, 2.05) is 6.92 Å². The molecule has 2 N–H and O–H groups in total. The van der Waals surface area contributed by atoms with Crippen LogP contribution in [0.1, 0.15) is 27.3 Å². The van der Waals surface area contributed by atoms with E-state index in [0.29, 0.717) is 12.0 Å². The summed E-state index contributed by atoms with van der Waals surface area (Å²) < 4.78 is 0. The van der Waals surface area contributed by atoms with Gasteiger partial charge in [0.05, 0.1) is 11.4 Å². The Morgan fingerprint density at radius 2 is 2.12 bits per heavy atom. The number of aromatic nitrogens is 3. The summed E-state index contributed by atoms with van der Waals surface area (Å²) in [5.74, 6) is -0.456. The molecule has 0 radical (unpaired) electrons. The van der Waals surface area contributed by atoms with E-state index >= 15 is 0 Å². The molecule has 1 amide bonds. The van der Waals surface area contributed by atoms with E-state index in [1.54, 1.807) is 30.9 Å².